The minimum atomic E-state index is -3.41. The Bertz CT molecular complexity index is 663. The van der Waals surface area contributed by atoms with Crippen molar-refractivity contribution in [1.29, 1.82) is 0 Å². The summed E-state index contributed by atoms with van der Waals surface area (Å²) < 4.78 is 26.1. The van der Waals surface area contributed by atoms with Gasteiger partial charge in [0.2, 0.25) is 10.0 Å². The first-order valence-electron chi connectivity index (χ1n) is 7.19. The van der Waals surface area contributed by atoms with E-state index in [0.29, 0.717) is 13.1 Å². The number of hydrogen-bond donors (Lipinski definition) is 0. The topological polar surface area (TPSA) is 50.3 Å². The van der Waals surface area contributed by atoms with Crippen molar-refractivity contribution in [2.75, 3.05) is 18.8 Å². The fraction of sp³-hybridized carbons (Fsp3) is 0.400. The molecule has 0 atom stereocenters. The average molecular weight is 357 g/mol. The second-order valence-electron chi connectivity index (χ2n) is 4.60. The van der Waals surface area contributed by atoms with Crippen LogP contribution in [0.25, 0.3) is 0 Å². The summed E-state index contributed by atoms with van der Waals surface area (Å²) in [5, 5.41) is 2.93. The van der Waals surface area contributed by atoms with Gasteiger partial charge in [0.1, 0.15) is 4.90 Å². The lowest BCUT2D eigenvalue weighted by Crippen LogP contribution is -2.30. The highest BCUT2D eigenvalue weighted by molar-refractivity contribution is 7.99. The molecule has 0 saturated heterocycles. The largest absolute Gasteiger partial charge is 0.249 e. The number of aromatic nitrogens is 1. The van der Waals surface area contributed by atoms with E-state index in [1.54, 1.807) is 35.2 Å². The van der Waals surface area contributed by atoms with Crippen LogP contribution >= 0.6 is 23.1 Å². The molecule has 0 aliphatic carbocycles. The highest BCUT2D eigenvalue weighted by Gasteiger charge is 2.21. The van der Waals surface area contributed by atoms with E-state index < -0.39 is 10.0 Å². The Kier molecular flexibility index (Phi) is 6.43. The van der Waals surface area contributed by atoms with E-state index in [9.17, 15) is 8.42 Å². The van der Waals surface area contributed by atoms with Gasteiger partial charge in [0, 0.05) is 29.9 Å². The number of aryl methyl sites for hydroxylation is 1. The zero-order valence-corrected chi connectivity index (χ0v) is 15.2. The molecule has 120 valence electrons. The van der Waals surface area contributed by atoms with Gasteiger partial charge in [-0.2, -0.15) is 4.31 Å². The molecule has 2 aromatic rings. The van der Waals surface area contributed by atoms with Gasteiger partial charge in [0.25, 0.3) is 0 Å². The van der Waals surface area contributed by atoms with Gasteiger partial charge in [-0.25, -0.2) is 13.4 Å². The van der Waals surface area contributed by atoms with Crippen molar-refractivity contribution in [2.45, 2.75) is 30.2 Å². The molecule has 0 amide bonds. The maximum Gasteiger partial charge on any atom is 0.244 e. The molecule has 0 unspecified atom stereocenters. The first-order valence-corrected chi connectivity index (χ1v) is 10.5. The molecule has 4 nitrogen and oxygen atoms in total. The number of hydrogen-bond acceptors (Lipinski definition) is 5. The Balaban J connectivity index is 1.98. The molecule has 0 bridgehead atoms. The summed E-state index contributed by atoms with van der Waals surface area (Å²) in [6.45, 7) is 4.61. The average Bonchev–Trinajstić information content (AvgIpc) is 3.02. The van der Waals surface area contributed by atoms with E-state index in [0.717, 1.165) is 17.2 Å². The van der Waals surface area contributed by atoms with Crippen LogP contribution in [-0.4, -0.2) is 36.5 Å². The molecule has 0 aliphatic heterocycles. The van der Waals surface area contributed by atoms with Gasteiger partial charge in [0.05, 0.1) is 5.03 Å². The lowest BCUT2D eigenvalue weighted by atomic mass is 10.4. The number of sulfonamides is 1. The minimum Gasteiger partial charge on any atom is -0.249 e. The lowest BCUT2D eigenvalue weighted by molar-refractivity contribution is 0.445. The van der Waals surface area contributed by atoms with E-state index in [1.807, 2.05) is 13.8 Å². The second kappa shape index (κ2) is 8.10. The maximum atomic E-state index is 12.4. The molecule has 0 aromatic carbocycles. The molecular weight excluding hydrogens is 336 g/mol. The summed E-state index contributed by atoms with van der Waals surface area (Å²) in [6, 6.07) is 7.61. The second-order valence-corrected chi connectivity index (χ2v) is 8.68. The van der Waals surface area contributed by atoms with Crippen LogP contribution in [0.1, 0.15) is 18.7 Å². The Morgan fingerprint density at radius 3 is 2.55 bits per heavy atom. The van der Waals surface area contributed by atoms with Crippen LogP contribution in [0.2, 0.25) is 0 Å². The summed E-state index contributed by atoms with van der Waals surface area (Å²) in [5.41, 5.74) is 0. The summed E-state index contributed by atoms with van der Waals surface area (Å²) in [7, 11) is -3.41. The summed E-state index contributed by atoms with van der Waals surface area (Å²) >= 11 is 3.40. The SMILES string of the molecule is CCN(CC)S(=O)(=O)c1ccc(SCCc2cccs2)nc1. The van der Waals surface area contributed by atoms with Crippen LogP contribution in [0.15, 0.2) is 45.8 Å². The van der Waals surface area contributed by atoms with Crippen LogP contribution in [0, 0.1) is 0 Å². The molecule has 22 heavy (non-hydrogen) atoms. The number of thiophene rings is 1. The summed E-state index contributed by atoms with van der Waals surface area (Å²) in [5.74, 6) is 0.940. The molecule has 0 spiro atoms. The molecule has 2 heterocycles. The van der Waals surface area contributed by atoms with E-state index in [4.69, 9.17) is 0 Å². The monoisotopic (exact) mass is 356 g/mol. The van der Waals surface area contributed by atoms with Crippen molar-refractivity contribution in [3.63, 3.8) is 0 Å². The van der Waals surface area contributed by atoms with Crippen LogP contribution in [0.4, 0.5) is 0 Å². The van der Waals surface area contributed by atoms with Gasteiger partial charge < -0.3 is 0 Å². The molecule has 0 radical (unpaired) electrons. The predicted molar refractivity (Wildman–Crippen MR) is 93.1 cm³/mol. The molecule has 2 rings (SSSR count). The van der Waals surface area contributed by atoms with Crippen LogP contribution in [0.5, 0.6) is 0 Å². The Labute approximate surface area is 140 Å². The Morgan fingerprint density at radius 2 is 2.00 bits per heavy atom. The van der Waals surface area contributed by atoms with Gasteiger partial charge in [-0.15, -0.1) is 23.1 Å². The van der Waals surface area contributed by atoms with Gasteiger partial charge in [-0.3, -0.25) is 0 Å². The van der Waals surface area contributed by atoms with Crippen molar-refractivity contribution in [3.05, 3.63) is 40.7 Å². The van der Waals surface area contributed by atoms with Gasteiger partial charge >= 0.3 is 0 Å². The molecule has 2 aromatic heterocycles. The molecule has 0 N–H and O–H groups in total. The van der Waals surface area contributed by atoms with Crippen molar-refractivity contribution in [2.24, 2.45) is 0 Å². The summed E-state index contributed by atoms with van der Waals surface area (Å²) in [6.07, 6.45) is 2.46. The van der Waals surface area contributed by atoms with Crippen molar-refractivity contribution in [3.8, 4) is 0 Å². The third-order valence-electron chi connectivity index (χ3n) is 3.23. The predicted octanol–water partition coefficient (Wildman–Crippen LogP) is 3.51. The van der Waals surface area contributed by atoms with Crippen LogP contribution < -0.4 is 0 Å². The van der Waals surface area contributed by atoms with Crippen molar-refractivity contribution < 1.29 is 8.42 Å². The molecule has 0 saturated carbocycles. The quantitative estimate of drug-likeness (QED) is 0.679. The Hall–Kier alpha value is -0.890. The molecule has 0 fully saturated rings. The maximum absolute atomic E-state index is 12.4. The standard InChI is InChI=1S/C15H20N2O2S3/c1-3-17(4-2)22(18,19)14-7-8-15(16-12-14)21-11-9-13-6-5-10-20-13/h5-8,10,12H,3-4,9,11H2,1-2H3. The molecular formula is C15H20N2O2S3. The van der Waals surface area contributed by atoms with E-state index in [1.165, 1.54) is 15.4 Å². The fourth-order valence-corrected chi connectivity index (χ4v) is 5.09. The number of pyridine rings is 1. The van der Waals surface area contributed by atoms with E-state index >= 15 is 0 Å². The highest BCUT2D eigenvalue weighted by Crippen LogP contribution is 2.21. The Morgan fingerprint density at radius 1 is 1.23 bits per heavy atom. The third-order valence-corrected chi connectivity index (χ3v) is 7.15. The van der Waals surface area contributed by atoms with Crippen LogP contribution in [0.3, 0.4) is 0 Å². The summed E-state index contributed by atoms with van der Waals surface area (Å²) in [4.78, 5) is 5.89. The normalized spacial score (nSPS) is 12.0. The third kappa shape index (κ3) is 4.32. The van der Waals surface area contributed by atoms with Crippen LogP contribution in [-0.2, 0) is 16.4 Å². The van der Waals surface area contributed by atoms with E-state index in [2.05, 4.69) is 22.5 Å². The lowest BCUT2D eigenvalue weighted by Gasteiger charge is -2.18. The minimum absolute atomic E-state index is 0.263. The fourth-order valence-electron chi connectivity index (χ4n) is 2.03. The van der Waals surface area contributed by atoms with Crippen molar-refractivity contribution >= 4 is 33.1 Å². The number of thioether (sulfide) groups is 1. The first kappa shape index (κ1) is 17.5. The number of rotatable bonds is 8. The zero-order chi connectivity index (χ0) is 16.0. The van der Waals surface area contributed by atoms with Gasteiger partial charge in [-0.05, 0) is 30.0 Å². The molecule has 7 heteroatoms. The zero-order valence-electron chi connectivity index (χ0n) is 12.7. The molecule has 0 aliphatic rings. The smallest absolute Gasteiger partial charge is 0.244 e. The van der Waals surface area contributed by atoms with E-state index in [-0.39, 0.29) is 4.90 Å². The van der Waals surface area contributed by atoms with Gasteiger partial charge in [0.15, 0.2) is 0 Å². The highest BCUT2D eigenvalue weighted by atomic mass is 32.2. The first-order chi connectivity index (χ1) is 10.6. The van der Waals surface area contributed by atoms with Crippen molar-refractivity contribution in [1.82, 2.24) is 9.29 Å². The van der Waals surface area contributed by atoms with Gasteiger partial charge in [-0.1, -0.05) is 19.9 Å². The number of nitrogens with zero attached hydrogens (tertiary/aromatic N) is 2.